The van der Waals surface area contributed by atoms with E-state index >= 15 is 0 Å². The molecular formula is C13H25NO2. The molecular weight excluding hydrogens is 202 g/mol. The van der Waals surface area contributed by atoms with Gasteiger partial charge in [-0.1, -0.05) is 26.7 Å². The van der Waals surface area contributed by atoms with Gasteiger partial charge in [-0.3, -0.25) is 5.32 Å². The molecule has 0 radical (unpaired) electrons. The molecule has 0 aromatic heterocycles. The second kappa shape index (κ2) is 5.03. The van der Waals surface area contributed by atoms with Gasteiger partial charge in [-0.15, -0.1) is 0 Å². The summed E-state index contributed by atoms with van der Waals surface area (Å²) in [6.45, 7) is 7.20. The number of nitrogens with one attached hydrogen (secondary N) is 1. The molecule has 3 heteroatoms. The van der Waals surface area contributed by atoms with Gasteiger partial charge < -0.3 is 9.47 Å². The first-order valence-electron chi connectivity index (χ1n) is 6.77. The molecule has 0 amide bonds. The standard InChI is InChI=1S/C13H25NO2/c1-3-5-13(6-4-2)14-9-7-12(16-13)8-10-15-11-12/h14H,3-11H2,1-2H3. The van der Waals surface area contributed by atoms with Crippen LogP contribution in [0, 0.1) is 0 Å². The lowest BCUT2D eigenvalue weighted by Gasteiger charge is -2.47. The smallest absolute Gasteiger partial charge is 0.120 e. The highest BCUT2D eigenvalue weighted by atomic mass is 16.6. The fourth-order valence-electron chi connectivity index (χ4n) is 3.10. The lowest BCUT2D eigenvalue weighted by atomic mass is 9.91. The maximum Gasteiger partial charge on any atom is 0.120 e. The highest BCUT2D eigenvalue weighted by Crippen LogP contribution is 2.37. The Labute approximate surface area is 98.9 Å². The summed E-state index contributed by atoms with van der Waals surface area (Å²) in [5, 5.41) is 3.61. The van der Waals surface area contributed by atoms with Crippen molar-refractivity contribution >= 4 is 0 Å². The van der Waals surface area contributed by atoms with E-state index in [9.17, 15) is 0 Å². The average molecular weight is 227 g/mol. The van der Waals surface area contributed by atoms with Crippen molar-refractivity contribution < 1.29 is 9.47 Å². The van der Waals surface area contributed by atoms with Gasteiger partial charge in [-0.25, -0.2) is 0 Å². The van der Waals surface area contributed by atoms with E-state index < -0.39 is 0 Å². The molecule has 0 bridgehead atoms. The zero-order valence-corrected chi connectivity index (χ0v) is 10.7. The fourth-order valence-corrected chi connectivity index (χ4v) is 3.10. The topological polar surface area (TPSA) is 30.5 Å². The maximum atomic E-state index is 6.47. The number of hydrogen-bond donors (Lipinski definition) is 1. The average Bonchev–Trinajstić information content (AvgIpc) is 2.67. The normalized spacial score (nSPS) is 33.4. The summed E-state index contributed by atoms with van der Waals surface area (Å²) < 4.78 is 12.0. The Bertz CT molecular complexity index is 212. The molecule has 1 N–H and O–H groups in total. The van der Waals surface area contributed by atoms with E-state index in [4.69, 9.17) is 9.47 Å². The predicted molar refractivity (Wildman–Crippen MR) is 64.4 cm³/mol. The molecule has 2 saturated heterocycles. The molecule has 16 heavy (non-hydrogen) atoms. The SMILES string of the molecule is CCCC1(CCC)NCCC2(CCOC2)O1. The summed E-state index contributed by atoms with van der Waals surface area (Å²) >= 11 is 0. The van der Waals surface area contributed by atoms with E-state index in [0.717, 1.165) is 45.4 Å². The first-order chi connectivity index (χ1) is 7.74. The molecule has 2 aliphatic heterocycles. The highest BCUT2D eigenvalue weighted by Gasteiger charge is 2.46. The van der Waals surface area contributed by atoms with Gasteiger partial charge in [0.15, 0.2) is 0 Å². The maximum absolute atomic E-state index is 6.47. The van der Waals surface area contributed by atoms with Crippen LogP contribution in [-0.4, -0.2) is 31.1 Å². The third-order valence-electron chi connectivity index (χ3n) is 3.81. The Hall–Kier alpha value is -0.120. The van der Waals surface area contributed by atoms with Crippen LogP contribution in [0.15, 0.2) is 0 Å². The molecule has 1 spiro atoms. The Balaban J connectivity index is 2.06. The van der Waals surface area contributed by atoms with Crippen molar-refractivity contribution in [2.45, 2.75) is 63.7 Å². The van der Waals surface area contributed by atoms with Crippen molar-refractivity contribution in [1.82, 2.24) is 5.32 Å². The van der Waals surface area contributed by atoms with Crippen molar-refractivity contribution in [3.63, 3.8) is 0 Å². The summed E-state index contributed by atoms with van der Waals surface area (Å²) in [6, 6.07) is 0. The first kappa shape index (κ1) is 12.3. The van der Waals surface area contributed by atoms with E-state index in [1.54, 1.807) is 0 Å². The molecule has 1 unspecified atom stereocenters. The van der Waals surface area contributed by atoms with Gasteiger partial charge in [0.1, 0.15) is 5.72 Å². The lowest BCUT2D eigenvalue weighted by molar-refractivity contribution is -0.206. The van der Waals surface area contributed by atoms with Crippen LogP contribution >= 0.6 is 0 Å². The molecule has 0 aromatic carbocycles. The van der Waals surface area contributed by atoms with Crippen LogP contribution in [0.1, 0.15) is 52.4 Å². The minimum atomic E-state index is -0.0740. The lowest BCUT2D eigenvalue weighted by Crippen LogP contribution is -2.60. The third kappa shape index (κ3) is 2.41. The highest BCUT2D eigenvalue weighted by molar-refractivity contribution is 4.95. The monoisotopic (exact) mass is 227 g/mol. The predicted octanol–water partition coefficient (Wildman–Crippen LogP) is 2.45. The second-order valence-corrected chi connectivity index (χ2v) is 5.26. The van der Waals surface area contributed by atoms with Crippen molar-refractivity contribution in [2.75, 3.05) is 19.8 Å². The third-order valence-corrected chi connectivity index (χ3v) is 3.81. The Morgan fingerprint density at radius 1 is 1.12 bits per heavy atom. The Morgan fingerprint density at radius 2 is 1.88 bits per heavy atom. The molecule has 2 fully saturated rings. The van der Waals surface area contributed by atoms with Gasteiger partial charge >= 0.3 is 0 Å². The van der Waals surface area contributed by atoms with Gasteiger partial charge in [-0.2, -0.15) is 0 Å². The van der Waals surface area contributed by atoms with Crippen LogP contribution in [0.3, 0.4) is 0 Å². The van der Waals surface area contributed by atoms with Gasteiger partial charge in [0.25, 0.3) is 0 Å². The molecule has 3 nitrogen and oxygen atoms in total. The summed E-state index contributed by atoms with van der Waals surface area (Å²) in [6.07, 6.45) is 6.74. The molecule has 0 aliphatic carbocycles. The summed E-state index contributed by atoms with van der Waals surface area (Å²) in [5.41, 5.74) is -0.0506. The van der Waals surface area contributed by atoms with E-state index in [1.807, 2.05) is 0 Å². The van der Waals surface area contributed by atoms with Crippen molar-refractivity contribution in [3.8, 4) is 0 Å². The van der Waals surface area contributed by atoms with Gasteiger partial charge in [0.2, 0.25) is 0 Å². The van der Waals surface area contributed by atoms with Crippen LogP contribution in [0.2, 0.25) is 0 Å². The minimum Gasteiger partial charge on any atom is -0.378 e. The summed E-state index contributed by atoms with van der Waals surface area (Å²) in [7, 11) is 0. The largest absolute Gasteiger partial charge is 0.378 e. The quantitative estimate of drug-likeness (QED) is 0.800. The molecule has 1 atom stereocenters. The van der Waals surface area contributed by atoms with E-state index in [-0.39, 0.29) is 11.3 Å². The summed E-state index contributed by atoms with van der Waals surface area (Å²) in [4.78, 5) is 0. The number of hydrogen-bond acceptors (Lipinski definition) is 3. The van der Waals surface area contributed by atoms with E-state index in [2.05, 4.69) is 19.2 Å². The number of ether oxygens (including phenoxy) is 2. The Morgan fingerprint density at radius 3 is 2.44 bits per heavy atom. The molecule has 0 saturated carbocycles. The van der Waals surface area contributed by atoms with Crippen molar-refractivity contribution in [2.24, 2.45) is 0 Å². The summed E-state index contributed by atoms with van der Waals surface area (Å²) in [5.74, 6) is 0. The molecule has 94 valence electrons. The molecule has 0 aromatic rings. The first-order valence-corrected chi connectivity index (χ1v) is 6.77. The minimum absolute atomic E-state index is 0.0234. The van der Waals surface area contributed by atoms with Crippen molar-refractivity contribution in [1.29, 1.82) is 0 Å². The number of rotatable bonds is 4. The zero-order chi connectivity index (χ0) is 11.5. The molecule has 2 heterocycles. The van der Waals surface area contributed by atoms with Crippen LogP contribution in [0.5, 0.6) is 0 Å². The van der Waals surface area contributed by atoms with Crippen molar-refractivity contribution in [3.05, 3.63) is 0 Å². The molecule has 2 rings (SSSR count). The molecule has 2 aliphatic rings. The van der Waals surface area contributed by atoms with Gasteiger partial charge in [0, 0.05) is 19.6 Å². The van der Waals surface area contributed by atoms with Crippen LogP contribution in [-0.2, 0) is 9.47 Å². The van der Waals surface area contributed by atoms with E-state index in [0.29, 0.717) is 0 Å². The van der Waals surface area contributed by atoms with Gasteiger partial charge in [0.05, 0.1) is 12.2 Å². The zero-order valence-electron chi connectivity index (χ0n) is 10.7. The van der Waals surface area contributed by atoms with Gasteiger partial charge in [-0.05, 0) is 19.3 Å². The van der Waals surface area contributed by atoms with Crippen LogP contribution in [0.25, 0.3) is 0 Å². The van der Waals surface area contributed by atoms with E-state index in [1.165, 1.54) is 12.8 Å². The van der Waals surface area contributed by atoms with Crippen LogP contribution in [0.4, 0.5) is 0 Å². The fraction of sp³-hybridized carbons (Fsp3) is 1.00. The second-order valence-electron chi connectivity index (χ2n) is 5.26. The Kier molecular flexibility index (Phi) is 3.88. The van der Waals surface area contributed by atoms with Crippen LogP contribution < -0.4 is 5.32 Å².